The summed E-state index contributed by atoms with van der Waals surface area (Å²) >= 11 is 0. The number of allylic oxidation sites excluding steroid dienone is 1. The van der Waals surface area contributed by atoms with Gasteiger partial charge in [-0.1, -0.05) is 12.7 Å². The molecule has 0 aromatic heterocycles. The standard InChI is InChI=1S/C13H20N4O2/c1-9-6-7-10(14-12(18)16(2)3)8-11(9)15-13(19)17(4)5/h6-8,11H,1H2,2-5H3,(H,14,18)(H,15,19). The first kappa shape index (κ1) is 14.8. The predicted molar refractivity (Wildman–Crippen MR) is 74.6 cm³/mol. The molecule has 1 aliphatic carbocycles. The molecule has 0 radical (unpaired) electrons. The van der Waals surface area contributed by atoms with E-state index in [2.05, 4.69) is 17.2 Å². The molecule has 1 aliphatic rings. The summed E-state index contributed by atoms with van der Waals surface area (Å²) in [5, 5.41) is 5.52. The normalized spacial score (nSPS) is 17.6. The molecule has 1 atom stereocenters. The molecule has 0 aliphatic heterocycles. The van der Waals surface area contributed by atoms with Gasteiger partial charge in [-0.15, -0.1) is 0 Å². The van der Waals surface area contributed by atoms with Crippen molar-refractivity contribution in [3.63, 3.8) is 0 Å². The van der Waals surface area contributed by atoms with Gasteiger partial charge in [0.15, 0.2) is 0 Å². The molecule has 4 amide bonds. The zero-order chi connectivity index (χ0) is 14.6. The van der Waals surface area contributed by atoms with Crippen LogP contribution in [0.25, 0.3) is 0 Å². The Morgan fingerprint density at radius 2 is 1.68 bits per heavy atom. The Bertz CT molecular complexity index is 450. The molecule has 1 rings (SSSR count). The second kappa shape index (κ2) is 6.08. The number of urea groups is 2. The number of nitrogens with zero attached hydrogens (tertiary/aromatic N) is 2. The fraction of sp³-hybridized carbons (Fsp3) is 0.385. The Morgan fingerprint density at radius 3 is 2.21 bits per heavy atom. The lowest BCUT2D eigenvalue weighted by molar-refractivity contribution is 0.216. The van der Waals surface area contributed by atoms with Crippen LogP contribution in [0.4, 0.5) is 9.59 Å². The maximum absolute atomic E-state index is 11.6. The van der Waals surface area contributed by atoms with Gasteiger partial charge in [-0.3, -0.25) is 0 Å². The second-order valence-corrected chi connectivity index (χ2v) is 4.68. The number of hydrogen-bond acceptors (Lipinski definition) is 2. The summed E-state index contributed by atoms with van der Waals surface area (Å²) in [5.74, 6) is 0. The van der Waals surface area contributed by atoms with Crippen LogP contribution in [0.1, 0.15) is 0 Å². The van der Waals surface area contributed by atoms with Gasteiger partial charge in [0.05, 0.1) is 6.04 Å². The van der Waals surface area contributed by atoms with Gasteiger partial charge in [0.1, 0.15) is 0 Å². The largest absolute Gasteiger partial charge is 0.331 e. The minimum absolute atomic E-state index is 0.212. The third-order valence-electron chi connectivity index (χ3n) is 2.57. The van der Waals surface area contributed by atoms with E-state index in [4.69, 9.17) is 0 Å². The van der Waals surface area contributed by atoms with E-state index in [0.29, 0.717) is 5.70 Å². The summed E-state index contributed by atoms with van der Waals surface area (Å²) in [4.78, 5) is 26.0. The van der Waals surface area contributed by atoms with Crippen molar-refractivity contribution in [2.45, 2.75) is 6.04 Å². The molecule has 1 unspecified atom stereocenters. The highest BCUT2D eigenvalue weighted by Crippen LogP contribution is 2.13. The van der Waals surface area contributed by atoms with Crippen LogP contribution in [-0.2, 0) is 0 Å². The van der Waals surface area contributed by atoms with Gasteiger partial charge in [-0.05, 0) is 17.7 Å². The fourth-order valence-corrected chi connectivity index (χ4v) is 1.36. The van der Waals surface area contributed by atoms with E-state index in [9.17, 15) is 9.59 Å². The minimum atomic E-state index is -0.322. The average molecular weight is 264 g/mol. The maximum atomic E-state index is 11.6. The van der Waals surface area contributed by atoms with Crippen LogP contribution in [0.3, 0.4) is 0 Å². The van der Waals surface area contributed by atoms with Gasteiger partial charge in [-0.25, -0.2) is 9.59 Å². The molecule has 0 aromatic carbocycles. The van der Waals surface area contributed by atoms with E-state index < -0.39 is 0 Å². The van der Waals surface area contributed by atoms with Gasteiger partial charge in [-0.2, -0.15) is 0 Å². The van der Waals surface area contributed by atoms with Gasteiger partial charge in [0.2, 0.25) is 0 Å². The van der Waals surface area contributed by atoms with E-state index in [-0.39, 0.29) is 18.1 Å². The van der Waals surface area contributed by atoms with Gasteiger partial charge in [0, 0.05) is 33.9 Å². The predicted octanol–water partition coefficient (Wildman–Crippen LogP) is 0.907. The summed E-state index contributed by atoms with van der Waals surface area (Å²) in [7, 11) is 6.64. The fourth-order valence-electron chi connectivity index (χ4n) is 1.36. The first-order valence-corrected chi connectivity index (χ1v) is 5.86. The molecule has 6 heteroatoms. The number of carbonyl (C=O) groups is 2. The van der Waals surface area contributed by atoms with Crippen molar-refractivity contribution in [1.29, 1.82) is 0 Å². The lowest BCUT2D eigenvalue weighted by atomic mass is 10.0. The van der Waals surface area contributed by atoms with Crippen molar-refractivity contribution < 1.29 is 9.59 Å². The molecule has 0 aromatic rings. The zero-order valence-electron chi connectivity index (χ0n) is 11.7. The summed E-state index contributed by atoms with van der Waals surface area (Å²) in [6.07, 6.45) is 5.28. The minimum Gasteiger partial charge on any atom is -0.331 e. The lowest BCUT2D eigenvalue weighted by Crippen LogP contribution is -2.42. The number of rotatable bonds is 2. The number of nitrogens with one attached hydrogen (secondary N) is 2. The summed E-state index contributed by atoms with van der Waals surface area (Å²) in [5.41, 5.74) is 1.40. The molecule has 0 bridgehead atoms. The van der Waals surface area contributed by atoms with Crippen molar-refractivity contribution >= 4 is 12.1 Å². The van der Waals surface area contributed by atoms with Crippen LogP contribution >= 0.6 is 0 Å². The van der Waals surface area contributed by atoms with Gasteiger partial charge >= 0.3 is 12.1 Å². The molecule has 0 fully saturated rings. The summed E-state index contributed by atoms with van der Waals surface area (Å²) in [6.45, 7) is 3.87. The average Bonchev–Trinajstić information content (AvgIpc) is 2.32. The zero-order valence-corrected chi connectivity index (χ0v) is 11.7. The number of amides is 4. The van der Waals surface area contributed by atoms with Crippen molar-refractivity contribution in [1.82, 2.24) is 20.4 Å². The van der Waals surface area contributed by atoms with Crippen molar-refractivity contribution in [3.8, 4) is 0 Å². The molecule has 0 heterocycles. The van der Waals surface area contributed by atoms with Gasteiger partial charge in [0.25, 0.3) is 0 Å². The highest BCUT2D eigenvalue weighted by molar-refractivity contribution is 5.77. The molecule has 104 valence electrons. The topological polar surface area (TPSA) is 64.7 Å². The van der Waals surface area contributed by atoms with E-state index >= 15 is 0 Å². The third kappa shape index (κ3) is 4.17. The van der Waals surface area contributed by atoms with Crippen molar-refractivity contribution in [3.05, 3.63) is 36.1 Å². The Kier molecular flexibility index (Phi) is 4.74. The monoisotopic (exact) mass is 264 g/mol. The summed E-state index contributed by atoms with van der Waals surface area (Å²) < 4.78 is 0. The van der Waals surface area contributed by atoms with Crippen molar-refractivity contribution in [2.75, 3.05) is 28.2 Å². The van der Waals surface area contributed by atoms with E-state index in [1.807, 2.05) is 0 Å². The Balaban J connectivity index is 2.74. The quantitative estimate of drug-likeness (QED) is 0.778. The van der Waals surface area contributed by atoms with Crippen LogP contribution in [-0.4, -0.2) is 56.1 Å². The molecular formula is C13H20N4O2. The summed E-state index contributed by atoms with van der Waals surface area (Å²) in [6, 6.07) is -0.755. The van der Waals surface area contributed by atoms with Gasteiger partial charge < -0.3 is 20.4 Å². The number of carbonyl (C=O) groups excluding carboxylic acids is 2. The Labute approximate surface area is 113 Å². The van der Waals surface area contributed by atoms with E-state index in [0.717, 1.165) is 5.57 Å². The first-order chi connectivity index (χ1) is 8.81. The van der Waals surface area contributed by atoms with Crippen LogP contribution < -0.4 is 10.6 Å². The lowest BCUT2D eigenvalue weighted by Gasteiger charge is -2.23. The van der Waals surface area contributed by atoms with E-state index in [1.165, 1.54) is 9.80 Å². The van der Waals surface area contributed by atoms with Crippen LogP contribution in [0.15, 0.2) is 36.1 Å². The Hall–Kier alpha value is -2.24. The maximum Gasteiger partial charge on any atom is 0.321 e. The molecule has 0 saturated carbocycles. The third-order valence-corrected chi connectivity index (χ3v) is 2.57. The second-order valence-electron chi connectivity index (χ2n) is 4.68. The first-order valence-electron chi connectivity index (χ1n) is 5.86. The van der Waals surface area contributed by atoms with Crippen LogP contribution in [0.2, 0.25) is 0 Å². The van der Waals surface area contributed by atoms with Crippen molar-refractivity contribution in [2.24, 2.45) is 0 Å². The van der Waals surface area contributed by atoms with Crippen LogP contribution in [0.5, 0.6) is 0 Å². The Morgan fingerprint density at radius 1 is 1.11 bits per heavy atom. The highest BCUT2D eigenvalue weighted by atomic mass is 16.2. The molecule has 0 saturated heterocycles. The molecule has 2 N–H and O–H groups in total. The number of hydrogen-bond donors (Lipinski definition) is 2. The highest BCUT2D eigenvalue weighted by Gasteiger charge is 2.17. The molecule has 0 spiro atoms. The molecule has 19 heavy (non-hydrogen) atoms. The van der Waals surface area contributed by atoms with Crippen LogP contribution in [0, 0.1) is 0 Å². The molecular weight excluding hydrogens is 244 g/mol. The SMILES string of the molecule is C=C1C=CC(NC(=O)N(C)C)=CC1NC(=O)N(C)C. The smallest absolute Gasteiger partial charge is 0.321 e. The molecule has 6 nitrogen and oxygen atoms in total. The van der Waals surface area contributed by atoms with E-state index in [1.54, 1.807) is 46.4 Å².